The van der Waals surface area contributed by atoms with Crippen LogP contribution in [-0.2, 0) is 14.3 Å². The maximum atomic E-state index is 12.3. The predicted octanol–water partition coefficient (Wildman–Crippen LogP) is 1.63. The van der Waals surface area contributed by atoms with Crippen molar-refractivity contribution in [1.29, 1.82) is 0 Å². The molecule has 2 aromatic heterocycles. The molecule has 1 aliphatic heterocycles. The zero-order chi connectivity index (χ0) is 15.5. The second-order valence-electron chi connectivity index (χ2n) is 4.95. The molecule has 1 aliphatic rings. The highest BCUT2D eigenvalue weighted by Crippen LogP contribution is 2.21. The van der Waals surface area contributed by atoms with Crippen molar-refractivity contribution >= 4 is 23.3 Å². The van der Waals surface area contributed by atoms with E-state index in [-0.39, 0.29) is 18.2 Å². The van der Waals surface area contributed by atoms with Gasteiger partial charge in [0.2, 0.25) is 0 Å². The van der Waals surface area contributed by atoms with E-state index in [1.807, 2.05) is 6.07 Å². The maximum absolute atomic E-state index is 12.3. The quantitative estimate of drug-likeness (QED) is 0.868. The summed E-state index contributed by atoms with van der Waals surface area (Å²) in [6.45, 7) is 2.54. The average Bonchev–Trinajstić information content (AvgIpc) is 3.16. The van der Waals surface area contributed by atoms with Crippen LogP contribution in [0.2, 0.25) is 0 Å². The van der Waals surface area contributed by atoms with Gasteiger partial charge in [-0.25, -0.2) is 9.78 Å². The van der Waals surface area contributed by atoms with E-state index in [9.17, 15) is 9.59 Å². The van der Waals surface area contributed by atoms with Gasteiger partial charge in [-0.05, 0) is 31.9 Å². The predicted molar refractivity (Wildman–Crippen MR) is 78.8 cm³/mol. The molecule has 0 unspecified atom stereocenters. The Morgan fingerprint density at radius 1 is 1.50 bits per heavy atom. The second kappa shape index (κ2) is 6.15. The van der Waals surface area contributed by atoms with Crippen LogP contribution >= 0.6 is 0 Å². The number of amides is 1. The van der Waals surface area contributed by atoms with Gasteiger partial charge in [0.25, 0.3) is 5.91 Å². The van der Waals surface area contributed by atoms with Crippen LogP contribution in [0.25, 0.3) is 5.65 Å². The molecule has 0 aliphatic carbocycles. The first-order valence-corrected chi connectivity index (χ1v) is 7.27. The zero-order valence-electron chi connectivity index (χ0n) is 12.2. The number of carbonyl (C=O) groups is 2. The molecule has 1 atom stereocenters. The van der Waals surface area contributed by atoms with Crippen LogP contribution in [0.5, 0.6) is 0 Å². The van der Waals surface area contributed by atoms with E-state index >= 15 is 0 Å². The molecule has 3 rings (SSSR count). The Morgan fingerprint density at radius 2 is 2.36 bits per heavy atom. The number of nitrogens with one attached hydrogen (secondary N) is 1. The van der Waals surface area contributed by atoms with E-state index in [4.69, 9.17) is 9.47 Å². The molecule has 1 fully saturated rings. The zero-order valence-corrected chi connectivity index (χ0v) is 12.2. The standard InChI is InChI=1S/C15H17N3O4/c1-2-21-15(20)12-13(17-14(19)10-6-5-9-22-10)18-8-4-3-7-11(18)16-12/h3-4,7-8,10H,2,5-6,9H2,1H3,(H,17,19)/t10-/m1/s1. The van der Waals surface area contributed by atoms with Gasteiger partial charge < -0.3 is 14.8 Å². The Bertz CT molecular complexity index is 704. The number of nitrogens with zero attached hydrogens (tertiary/aromatic N) is 2. The summed E-state index contributed by atoms with van der Waals surface area (Å²) in [5.41, 5.74) is 0.660. The lowest BCUT2D eigenvalue weighted by atomic mass is 10.2. The van der Waals surface area contributed by atoms with Crippen molar-refractivity contribution in [3.63, 3.8) is 0 Å². The van der Waals surface area contributed by atoms with Crippen LogP contribution < -0.4 is 5.32 Å². The Labute approximate surface area is 127 Å². The van der Waals surface area contributed by atoms with E-state index in [1.165, 1.54) is 0 Å². The van der Waals surface area contributed by atoms with E-state index in [2.05, 4.69) is 10.3 Å². The SMILES string of the molecule is CCOC(=O)c1nc2ccccn2c1NC(=O)[C@H]1CCCO1. The van der Waals surface area contributed by atoms with Gasteiger partial charge in [-0.15, -0.1) is 0 Å². The number of pyridine rings is 1. The van der Waals surface area contributed by atoms with Crippen molar-refractivity contribution in [2.75, 3.05) is 18.5 Å². The van der Waals surface area contributed by atoms with Crippen LogP contribution in [-0.4, -0.2) is 40.6 Å². The number of carbonyl (C=O) groups excluding carboxylic acids is 2. The molecule has 3 heterocycles. The number of hydrogen-bond donors (Lipinski definition) is 1. The molecular weight excluding hydrogens is 286 g/mol. The average molecular weight is 303 g/mol. The lowest BCUT2D eigenvalue weighted by molar-refractivity contribution is -0.124. The molecule has 1 amide bonds. The number of ether oxygens (including phenoxy) is 2. The molecule has 22 heavy (non-hydrogen) atoms. The highest BCUT2D eigenvalue weighted by atomic mass is 16.5. The summed E-state index contributed by atoms with van der Waals surface area (Å²) in [7, 11) is 0. The van der Waals surface area contributed by atoms with E-state index in [0.29, 0.717) is 24.5 Å². The number of anilines is 1. The molecule has 0 aromatic carbocycles. The Morgan fingerprint density at radius 3 is 3.09 bits per heavy atom. The fourth-order valence-corrected chi connectivity index (χ4v) is 2.44. The van der Waals surface area contributed by atoms with Crippen LogP contribution in [0, 0.1) is 0 Å². The van der Waals surface area contributed by atoms with Gasteiger partial charge in [0.15, 0.2) is 11.5 Å². The third-order valence-corrected chi connectivity index (χ3v) is 3.46. The topological polar surface area (TPSA) is 81.9 Å². The minimum atomic E-state index is -0.561. The van der Waals surface area contributed by atoms with Gasteiger partial charge in [0, 0.05) is 12.8 Å². The summed E-state index contributed by atoms with van der Waals surface area (Å²) in [6, 6.07) is 5.36. The normalized spacial score (nSPS) is 17.6. The molecule has 2 aromatic rings. The maximum Gasteiger partial charge on any atom is 0.360 e. The van der Waals surface area contributed by atoms with E-state index < -0.39 is 12.1 Å². The summed E-state index contributed by atoms with van der Waals surface area (Å²) in [6.07, 6.45) is 2.79. The minimum absolute atomic E-state index is 0.0967. The van der Waals surface area contributed by atoms with Crippen molar-refractivity contribution in [1.82, 2.24) is 9.38 Å². The third kappa shape index (κ3) is 2.67. The molecule has 0 radical (unpaired) electrons. The van der Waals surface area contributed by atoms with Crippen LogP contribution in [0.15, 0.2) is 24.4 Å². The number of esters is 1. The second-order valence-corrected chi connectivity index (χ2v) is 4.95. The third-order valence-electron chi connectivity index (χ3n) is 3.46. The van der Waals surface area contributed by atoms with Gasteiger partial charge in [-0.3, -0.25) is 9.20 Å². The van der Waals surface area contributed by atoms with Crippen LogP contribution in [0.3, 0.4) is 0 Å². The van der Waals surface area contributed by atoms with Gasteiger partial charge in [0.05, 0.1) is 6.61 Å². The first kappa shape index (κ1) is 14.5. The van der Waals surface area contributed by atoms with Gasteiger partial charge in [-0.2, -0.15) is 0 Å². The Balaban J connectivity index is 1.96. The van der Waals surface area contributed by atoms with Crippen molar-refractivity contribution in [3.8, 4) is 0 Å². The Kier molecular flexibility index (Phi) is 4.06. The summed E-state index contributed by atoms with van der Waals surface area (Å²) >= 11 is 0. The van der Waals surface area contributed by atoms with E-state index in [0.717, 1.165) is 6.42 Å². The summed E-state index contributed by atoms with van der Waals surface area (Å²) in [5.74, 6) is -0.517. The van der Waals surface area contributed by atoms with Crippen molar-refractivity contribution in [2.45, 2.75) is 25.9 Å². The first-order chi connectivity index (χ1) is 10.7. The molecule has 7 nitrogen and oxygen atoms in total. The first-order valence-electron chi connectivity index (χ1n) is 7.27. The molecule has 0 saturated carbocycles. The molecule has 1 saturated heterocycles. The minimum Gasteiger partial charge on any atom is -0.461 e. The number of fused-ring (bicyclic) bond motifs is 1. The van der Waals surface area contributed by atoms with Gasteiger partial charge in [0.1, 0.15) is 11.8 Å². The fourth-order valence-electron chi connectivity index (χ4n) is 2.44. The molecule has 116 valence electrons. The molecule has 7 heteroatoms. The highest BCUT2D eigenvalue weighted by molar-refractivity contribution is 6.01. The largest absolute Gasteiger partial charge is 0.461 e. The molecular formula is C15H17N3O4. The lowest BCUT2D eigenvalue weighted by Gasteiger charge is -2.11. The van der Waals surface area contributed by atoms with Crippen molar-refractivity contribution < 1.29 is 19.1 Å². The highest BCUT2D eigenvalue weighted by Gasteiger charge is 2.27. The number of aromatic nitrogens is 2. The van der Waals surface area contributed by atoms with Crippen LogP contribution in [0.1, 0.15) is 30.3 Å². The smallest absolute Gasteiger partial charge is 0.360 e. The monoisotopic (exact) mass is 303 g/mol. The number of hydrogen-bond acceptors (Lipinski definition) is 5. The van der Waals surface area contributed by atoms with Crippen molar-refractivity contribution in [2.24, 2.45) is 0 Å². The van der Waals surface area contributed by atoms with Crippen LogP contribution in [0.4, 0.5) is 5.82 Å². The molecule has 0 spiro atoms. The molecule has 1 N–H and O–H groups in total. The fraction of sp³-hybridized carbons (Fsp3) is 0.400. The molecule has 0 bridgehead atoms. The van der Waals surface area contributed by atoms with E-state index in [1.54, 1.807) is 29.7 Å². The van der Waals surface area contributed by atoms with Crippen molar-refractivity contribution in [3.05, 3.63) is 30.1 Å². The Hall–Kier alpha value is -2.41. The van der Waals surface area contributed by atoms with Gasteiger partial charge in [-0.1, -0.05) is 6.07 Å². The van der Waals surface area contributed by atoms with Gasteiger partial charge >= 0.3 is 5.97 Å². The lowest BCUT2D eigenvalue weighted by Crippen LogP contribution is -2.28. The summed E-state index contributed by atoms with van der Waals surface area (Å²) < 4.78 is 12.0. The summed E-state index contributed by atoms with van der Waals surface area (Å²) in [5, 5.41) is 2.75. The number of rotatable bonds is 4. The summed E-state index contributed by atoms with van der Waals surface area (Å²) in [4.78, 5) is 28.6. The number of imidazole rings is 1.